The number of benzene rings is 5. The second-order valence-electron chi connectivity index (χ2n) is 16.0. The number of sulfone groups is 1. The second-order valence-corrected chi connectivity index (χ2v) is 20.6. The Labute approximate surface area is 379 Å². The van der Waals surface area contributed by atoms with Gasteiger partial charge in [-0.25, -0.2) is 8.42 Å². The summed E-state index contributed by atoms with van der Waals surface area (Å²) in [6.07, 6.45) is 3.23. The number of nitrogens with zero attached hydrogens (tertiary/aromatic N) is 2. The maximum Gasteiger partial charge on any atom is 0.501 e. The quantitative estimate of drug-likeness (QED) is 0.0618. The number of amides is 1. The summed E-state index contributed by atoms with van der Waals surface area (Å²) in [6, 6.07) is 35.3. The maximum absolute atomic E-state index is 14.2. The molecule has 2 fully saturated rings. The molecule has 5 aromatic carbocycles. The van der Waals surface area contributed by atoms with Gasteiger partial charge in [-0.05, 0) is 115 Å². The minimum absolute atomic E-state index is 0.0371. The third-order valence-corrected chi connectivity index (χ3v) is 16.1. The smallest absolute Gasteiger partial charge is 0.501 e. The monoisotopic (exact) mass is 938 g/mol. The fourth-order valence-corrected chi connectivity index (χ4v) is 11.4. The zero-order chi connectivity index (χ0) is 44.7. The Morgan fingerprint density at radius 1 is 0.921 bits per heavy atom. The van der Waals surface area contributed by atoms with Crippen LogP contribution in [0.15, 0.2) is 136 Å². The van der Waals surface area contributed by atoms with Crippen molar-refractivity contribution in [3.63, 3.8) is 0 Å². The average Bonchev–Trinajstić information content (AvgIpc) is 3.28. The Balaban J connectivity index is 1.01. The van der Waals surface area contributed by atoms with Crippen molar-refractivity contribution in [3.8, 4) is 11.1 Å². The van der Waals surface area contributed by atoms with Gasteiger partial charge in [-0.3, -0.25) is 9.69 Å². The highest BCUT2D eigenvalue weighted by atomic mass is 35.5. The molecule has 0 aromatic heterocycles. The molecule has 5 aromatic rings. The summed E-state index contributed by atoms with van der Waals surface area (Å²) in [7, 11) is -5.92. The van der Waals surface area contributed by atoms with Gasteiger partial charge in [-0.15, -0.1) is 11.8 Å². The van der Waals surface area contributed by atoms with E-state index in [0.29, 0.717) is 41.6 Å². The highest BCUT2D eigenvalue weighted by Gasteiger charge is 2.49. The number of nitrogens with one attached hydrogen (secondary N) is 2. The number of alkyl halides is 3. The van der Waals surface area contributed by atoms with Gasteiger partial charge in [0.05, 0.1) is 12.3 Å². The molecule has 2 aliphatic rings. The van der Waals surface area contributed by atoms with Crippen molar-refractivity contribution < 1.29 is 36.0 Å². The highest BCUT2D eigenvalue weighted by Crippen LogP contribution is 2.40. The Kier molecular flexibility index (Phi) is 15.4. The maximum atomic E-state index is 14.2. The fourth-order valence-electron chi connectivity index (χ4n) is 8.42. The summed E-state index contributed by atoms with van der Waals surface area (Å²) in [5.74, 6) is 0.451. The molecule has 2 unspecified atom stereocenters. The van der Waals surface area contributed by atoms with Gasteiger partial charge >= 0.3 is 5.51 Å². The van der Waals surface area contributed by atoms with E-state index in [9.17, 15) is 36.0 Å². The van der Waals surface area contributed by atoms with Gasteiger partial charge in [0, 0.05) is 71.3 Å². The number of hydrogen-bond acceptors (Lipinski definition) is 9. The molecule has 4 atom stereocenters. The van der Waals surface area contributed by atoms with E-state index in [2.05, 4.69) is 51.0 Å². The van der Waals surface area contributed by atoms with Crippen LogP contribution >= 0.6 is 23.4 Å². The van der Waals surface area contributed by atoms with E-state index in [1.165, 1.54) is 35.0 Å². The van der Waals surface area contributed by atoms with Crippen LogP contribution in [-0.2, 0) is 21.2 Å². The Morgan fingerprint density at radius 2 is 1.60 bits per heavy atom. The lowest BCUT2D eigenvalue weighted by Gasteiger charge is -2.42. The van der Waals surface area contributed by atoms with Crippen molar-refractivity contribution in [1.82, 2.24) is 9.62 Å². The van der Waals surface area contributed by atoms with E-state index < -0.39 is 43.6 Å². The Morgan fingerprint density at radius 3 is 2.25 bits per heavy atom. The predicted octanol–water partition coefficient (Wildman–Crippen LogP) is 9.80. The van der Waals surface area contributed by atoms with Gasteiger partial charge < -0.3 is 19.9 Å². The number of likely N-dealkylation sites (tertiary alicyclic amines) is 1. The van der Waals surface area contributed by atoms with Gasteiger partial charge in [0.1, 0.15) is 16.3 Å². The fraction of sp³-hybridized carbons (Fsp3) is 0.340. The van der Waals surface area contributed by atoms with E-state index in [1.807, 2.05) is 66.7 Å². The molecule has 2 heterocycles. The molecular formula is C47H50ClF3N4O5S3. The third-order valence-electron chi connectivity index (χ3n) is 12.1. The number of piperidine rings is 1. The molecule has 63 heavy (non-hydrogen) atoms. The van der Waals surface area contributed by atoms with Crippen LogP contribution in [0.5, 0.6) is 0 Å². The Hall–Kier alpha value is -4.22. The molecule has 334 valence electrons. The zero-order valence-electron chi connectivity index (χ0n) is 34.6. The molecule has 0 saturated carbocycles. The number of halogens is 4. The third kappa shape index (κ3) is 11.4. The van der Waals surface area contributed by atoms with Gasteiger partial charge in [-0.2, -0.15) is 17.9 Å². The van der Waals surface area contributed by atoms with Crippen molar-refractivity contribution in [1.29, 1.82) is 0 Å². The molecule has 3 N–H and O–H groups in total. The van der Waals surface area contributed by atoms with Crippen molar-refractivity contribution >= 4 is 61.8 Å². The first-order chi connectivity index (χ1) is 30.2. The lowest BCUT2D eigenvalue weighted by atomic mass is 9.78. The summed E-state index contributed by atoms with van der Waals surface area (Å²) in [5, 5.41) is 13.2. The number of carbonyl (C=O) groups excluding carboxylic acids is 1. The van der Waals surface area contributed by atoms with Crippen LogP contribution in [0.1, 0.15) is 54.4 Å². The lowest BCUT2D eigenvalue weighted by Crippen LogP contribution is -2.51. The first-order valence-electron chi connectivity index (χ1n) is 20.9. The van der Waals surface area contributed by atoms with Crippen LogP contribution in [0.3, 0.4) is 0 Å². The van der Waals surface area contributed by atoms with Crippen LogP contribution in [0.2, 0.25) is 5.02 Å². The molecule has 0 spiro atoms. The van der Waals surface area contributed by atoms with Crippen LogP contribution < -0.4 is 14.9 Å². The Bertz CT molecular complexity index is 2420. The summed E-state index contributed by atoms with van der Waals surface area (Å²) in [4.78, 5) is 17.2. The van der Waals surface area contributed by atoms with E-state index in [1.54, 1.807) is 12.1 Å². The lowest BCUT2D eigenvalue weighted by molar-refractivity contribution is -0.0435. The molecular weight excluding hydrogens is 889 g/mol. The number of aliphatic hydroxyl groups excluding tert-OH is 1. The number of rotatable bonds is 17. The molecule has 16 heteroatoms. The molecule has 0 aliphatic carbocycles. The minimum Gasteiger partial charge on any atom is -0.588 e. The molecule has 2 aliphatic heterocycles. The predicted molar refractivity (Wildman–Crippen MR) is 246 cm³/mol. The van der Waals surface area contributed by atoms with Gasteiger partial charge in [-0.1, -0.05) is 73.1 Å². The first kappa shape index (κ1) is 46.8. The topological polar surface area (TPSA) is 125 Å². The largest absolute Gasteiger partial charge is 0.588 e. The molecule has 0 radical (unpaired) electrons. The molecule has 9 nitrogen and oxygen atoms in total. The van der Waals surface area contributed by atoms with Gasteiger partial charge in [0.2, 0.25) is 0 Å². The minimum atomic E-state index is -5.92. The molecule has 2 saturated heterocycles. The standard InChI is InChI=1S/C47H50ClF3N4O5S3/c1-32(42-9-5-6-10-43(42)34-11-15-36(48)16-12-34)33-21-24-54(25-22-33)38-17-13-35(14-18-38)46(57)53-62(58)41-19-20-44(45(30-41)63(59,60)47(49,50)51)52-37(29-39-23-26-55(39)27-28-56)31-61-40-7-3-2-4-8-40/h2-20,30,32-33,37,39,52,56H,21-29,31H2,1H3,(H,53,57)/t32-,37+,39?,62?/m0/s1. The number of thioether (sulfide) groups is 1. The number of β-amino-alcohol motifs (C(OH)–C–C–N with tert-alkyl or cyclic N) is 1. The van der Waals surface area contributed by atoms with E-state index in [0.717, 1.165) is 55.0 Å². The van der Waals surface area contributed by atoms with Crippen molar-refractivity contribution in [2.45, 2.75) is 70.8 Å². The molecule has 1 amide bonds. The summed E-state index contributed by atoms with van der Waals surface area (Å²) in [6.45, 7) is 5.10. The first-order valence-corrected chi connectivity index (χ1v) is 24.9. The van der Waals surface area contributed by atoms with Crippen LogP contribution in [-0.4, -0.2) is 85.0 Å². The van der Waals surface area contributed by atoms with Crippen molar-refractivity contribution in [3.05, 3.63) is 137 Å². The average molecular weight is 940 g/mol. The zero-order valence-corrected chi connectivity index (χ0v) is 37.8. The van der Waals surface area contributed by atoms with Crippen molar-refractivity contribution in [2.75, 3.05) is 48.8 Å². The van der Waals surface area contributed by atoms with E-state index >= 15 is 0 Å². The highest BCUT2D eigenvalue weighted by molar-refractivity contribution is 7.99. The number of aliphatic hydroxyl groups is 1. The number of hydrogen-bond donors (Lipinski definition) is 3. The van der Waals surface area contributed by atoms with E-state index in [4.69, 9.17) is 11.6 Å². The summed E-state index contributed by atoms with van der Waals surface area (Å²) in [5.41, 5.74) is -1.21. The number of anilines is 2. The van der Waals surface area contributed by atoms with E-state index in [-0.39, 0.29) is 28.8 Å². The molecule has 0 bridgehead atoms. The SMILES string of the molecule is C[C@H](c1ccccc1-c1ccc(Cl)cc1)C1CCN(c2ccc(C(=O)N[S+]([O-])c3ccc(N[C@@H](CSc4ccccc4)CC4CCN4CCO)c(S(=O)(=O)C(F)(F)F)c3)cc2)CC1. The molecule has 7 rings (SSSR count). The normalized spacial score (nSPS) is 17.7. The van der Waals surface area contributed by atoms with Gasteiger partial charge in [0.15, 0.2) is 4.90 Å². The summed E-state index contributed by atoms with van der Waals surface area (Å²) < 4.78 is 84.4. The van der Waals surface area contributed by atoms with Crippen molar-refractivity contribution in [2.24, 2.45) is 5.92 Å². The van der Waals surface area contributed by atoms with Crippen LogP contribution in [0.4, 0.5) is 24.5 Å². The summed E-state index contributed by atoms with van der Waals surface area (Å²) >= 11 is 5.22. The number of carbonyl (C=O) groups is 1. The second kappa shape index (κ2) is 20.7. The van der Waals surface area contributed by atoms with Crippen LogP contribution in [0, 0.1) is 5.92 Å². The van der Waals surface area contributed by atoms with Crippen LogP contribution in [0.25, 0.3) is 11.1 Å². The van der Waals surface area contributed by atoms with Gasteiger partial charge in [0.25, 0.3) is 15.7 Å².